The average Bonchev–Trinajstić information content (AvgIpc) is 2.97. The van der Waals surface area contributed by atoms with Crippen molar-refractivity contribution in [2.24, 2.45) is 0 Å². The molecule has 1 aromatic carbocycles. The van der Waals surface area contributed by atoms with Gasteiger partial charge >= 0.3 is 0 Å². The molecule has 24 heavy (non-hydrogen) atoms. The number of nitrogens with one attached hydrogen (secondary N) is 1. The smallest absolute Gasteiger partial charge is 0.240 e. The highest BCUT2D eigenvalue weighted by molar-refractivity contribution is 7.89. The number of rotatable bonds is 6. The lowest BCUT2D eigenvalue weighted by Crippen LogP contribution is -2.26. The van der Waals surface area contributed by atoms with E-state index in [1.165, 1.54) is 0 Å². The van der Waals surface area contributed by atoms with Gasteiger partial charge in [-0.15, -0.1) is 0 Å². The summed E-state index contributed by atoms with van der Waals surface area (Å²) >= 11 is 0. The second kappa shape index (κ2) is 6.75. The molecule has 0 bridgehead atoms. The maximum absolute atomic E-state index is 12.3. The average molecular weight is 343 g/mol. The van der Waals surface area contributed by atoms with E-state index in [9.17, 15) is 8.42 Å². The molecule has 0 spiro atoms. The fourth-order valence-electron chi connectivity index (χ4n) is 2.54. The molecule has 0 saturated carbocycles. The summed E-state index contributed by atoms with van der Waals surface area (Å²) in [7, 11) is -3.49. The lowest BCUT2D eigenvalue weighted by atomic mass is 10.0. The summed E-state index contributed by atoms with van der Waals surface area (Å²) in [4.78, 5) is 4.76. The predicted molar refractivity (Wildman–Crippen MR) is 94.6 cm³/mol. The Kier molecular flexibility index (Phi) is 4.69. The standard InChI is InChI=1S/C18H21N3O2S/c1-14(2)15-6-8-17(9-7-15)24(22,23)19-11-10-16-13-21-12-4-3-5-18(21)20-16/h3-9,12-14,19H,10-11H2,1-2H3. The molecule has 3 aromatic rings. The van der Waals surface area contributed by atoms with Gasteiger partial charge in [-0.1, -0.05) is 32.0 Å². The van der Waals surface area contributed by atoms with Gasteiger partial charge in [-0.25, -0.2) is 18.1 Å². The third-order valence-electron chi connectivity index (χ3n) is 3.94. The topological polar surface area (TPSA) is 63.5 Å². The fraction of sp³-hybridized carbons (Fsp3) is 0.278. The highest BCUT2D eigenvalue weighted by atomic mass is 32.2. The van der Waals surface area contributed by atoms with Crippen LogP contribution < -0.4 is 4.72 Å². The van der Waals surface area contributed by atoms with Crippen molar-refractivity contribution in [3.05, 3.63) is 66.1 Å². The van der Waals surface area contributed by atoms with Crippen LogP contribution in [-0.4, -0.2) is 24.3 Å². The first-order valence-electron chi connectivity index (χ1n) is 7.98. The Bertz CT molecular complexity index is 895. The molecule has 0 saturated heterocycles. The predicted octanol–water partition coefficient (Wildman–Crippen LogP) is 2.98. The van der Waals surface area contributed by atoms with Crippen molar-refractivity contribution in [3.63, 3.8) is 0 Å². The Hall–Kier alpha value is -2.18. The second-order valence-corrected chi connectivity index (χ2v) is 7.84. The third kappa shape index (κ3) is 3.66. The Morgan fingerprint density at radius 2 is 1.88 bits per heavy atom. The van der Waals surface area contributed by atoms with Crippen LogP contribution in [0.3, 0.4) is 0 Å². The van der Waals surface area contributed by atoms with Gasteiger partial charge in [-0.05, 0) is 35.7 Å². The van der Waals surface area contributed by atoms with Gasteiger partial charge in [0.2, 0.25) is 10.0 Å². The second-order valence-electron chi connectivity index (χ2n) is 6.07. The number of imidazole rings is 1. The molecule has 0 radical (unpaired) electrons. The number of pyridine rings is 1. The number of nitrogens with zero attached hydrogens (tertiary/aromatic N) is 2. The van der Waals surface area contributed by atoms with Crippen LogP contribution in [0.5, 0.6) is 0 Å². The van der Waals surface area contributed by atoms with Crippen LogP contribution >= 0.6 is 0 Å². The largest absolute Gasteiger partial charge is 0.307 e. The Balaban J connectivity index is 1.64. The van der Waals surface area contributed by atoms with E-state index in [1.54, 1.807) is 12.1 Å². The zero-order valence-corrected chi connectivity index (χ0v) is 14.6. The molecule has 0 aliphatic heterocycles. The van der Waals surface area contributed by atoms with E-state index in [2.05, 4.69) is 23.6 Å². The lowest BCUT2D eigenvalue weighted by molar-refractivity contribution is 0.581. The summed E-state index contributed by atoms with van der Waals surface area (Å²) < 4.78 is 29.2. The van der Waals surface area contributed by atoms with E-state index >= 15 is 0 Å². The molecule has 2 aromatic heterocycles. The number of aromatic nitrogens is 2. The van der Waals surface area contributed by atoms with E-state index in [0.717, 1.165) is 16.9 Å². The quantitative estimate of drug-likeness (QED) is 0.748. The Morgan fingerprint density at radius 3 is 2.54 bits per heavy atom. The summed E-state index contributed by atoms with van der Waals surface area (Å²) in [6.45, 7) is 4.48. The van der Waals surface area contributed by atoms with Crippen LogP contribution in [0.1, 0.15) is 31.0 Å². The Labute approximate surface area is 142 Å². The van der Waals surface area contributed by atoms with Gasteiger partial charge in [0.1, 0.15) is 5.65 Å². The number of hydrogen-bond acceptors (Lipinski definition) is 3. The van der Waals surface area contributed by atoms with Gasteiger partial charge in [-0.2, -0.15) is 0 Å². The molecule has 126 valence electrons. The molecule has 0 fully saturated rings. The molecule has 0 unspecified atom stereocenters. The van der Waals surface area contributed by atoms with Gasteiger partial charge in [-0.3, -0.25) is 0 Å². The highest BCUT2D eigenvalue weighted by Crippen LogP contribution is 2.17. The molecular weight excluding hydrogens is 322 g/mol. The van der Waals surface area contributed by atoms with Crippen LogP contribution in [0.25, 0.3) is 5.65 Å². The van der Waals surface area contributed by atoms with E-state index in [0.29, 0.717) is 23.8 Å². The molecule has 0 atom stereocenters. The normalized spacial score (nSPS) is 12.1. The van der Waals surface area contributed by atoms with E-state index in [-0.39, 0.29) is 0 Å². The zero-order chi connectivity index (χ0) is 17.2. The molecular formula is C18H21N3O2S. The maximum atomic E-state index is 12.3. The van der Waals surface area contributed by atoms with Crippen molar-refractivity contribution in [2.45, 2.75) is 31.1 Å². The zero-order valence-electron chi connectivity index (χ0n) is 13.8. The van der Waals surface area contributed by atoms with E-state index in [1.807, 2.05) is 47.1 Å². The van der Waals surface area contributed by atoms with E-state index < -0.39 is 10.0 Å². The van der Waals surface area contributed by atoms with Crippen molar-refractivity contribution in [3.8, 4) is 0 Å². The third-order valence-corrected chi connectivity index (χ3v) is 5.42. The minimum absolute atomic E-state index is 0.293. The first kappa shape index (κ1) is 16.7. The van der Waals surface area contributed by atoms with E-state index in [4.69, 9.17) is 0 Å². The van der Waals surface area contributed by atoms with Crippen molar-refractivity contribution in [1.29, 1.82) is 0 Å². The highest BCUT2D eigenvalue weighted by Gasteiger charge is 2.14. The van der Waals surface area contributed by atoms with Gasteiger partial charge in [0, 0.05) is 25.4 Å². The van der Waals surface area contributed by atoms with Crippen LogP contribution in [0.2, 0.25) is 0 Å². The Morgan fingerprint density at radius 1 is 1.12 bits per heavy atom. The molecule has 0 amide bonds. The molecule has 1 N–H and O–H groups in total. The van der Waals surface area contributed by atoms with Crippen LogP contribution in [0.15, 0.2) is 59.8 Å². The monoisotopic (exact) mass is 343 g/mol. The first-order chi connectivity index (χ1) is 11.5. The van der Waals surface area contributed by atoms with Crippen molar-refractivity contribution >= 4 is 15.7 Å². The number of hydrogen-bond donors (Lipinski definition) is 1. The molecule has 3 rings (SSSR count). The van der Waals surface area contributed by atoms with Crippen LogP contribution in [0, 0.1) is 0 Å². The molecule has 2 heterocycles. The number of sulfonamides is 1. The SMILES string of the molecule is CC(C)c1ccc(S(=O)(=O)NCCc2cn3ccccc3n2)cc1. The van der Waals surface area contributed by atoms with Crippen molar-refractivity contribution < 1.29 is 8.42 Å². The number of fused-ring (bicyclic) bond motifs is 1. The minimum atomic E-state index is -3.49. The summed E-state index contributed by atoms with van der Waals surface area (Å²) in [5.41, 5.74) is 2.84. The van der Waals surface area contributed by atoms with Gasteiger partial charge in [0.25, 0.3) is 0 Å². The summed E-state index contributed by atoms with van der Waals surface area (Å²) in [5, 5.41) is 0. The minimum Gasteiger partial charge on any atom is -0.307 e. The van der Waals surface area contributed by atoms with Crippen molar-refractivity contribution in [1.82, 2.24) is 14.1 Å². The van der Waals surface area contributed by atoms with Gasteiger partial charge in [0.05, 0.1) is 10.6 Å². The molecule has 6 heteroatoms. The fourth-order valence-corrected chi connectivity index (χ4v) is 3.57. The molecule has 0 aliphatic carbocycles. The number of benzene rings is 1. The van der Waals surface area contributed by atoms with Crippen molar-refractivity contribution in [2.75, 3.05) is 6.54 Å². The maximum Gasteiger partial charge on any atom is 0.240 e. The summed E-state index contributed by atoms with van der Waals surface area (Å²) in [6, 6.07) is 12.8. The van der Waals surface area contributed by atoms with Crippen LogP contribution in [0.4, 0.5) is 0 Å². The van der Waals surface area contributed by atoms with Gasteiger partial charge < -0.3 is 4.40 Å². The molecule has 0 aliphatic rings. The van der Waals surface area contributed by atoms with Gasteiger partial charge in [0.15, 0.2) is 0 Å². The van der Waals surface area contributed by atoms with Crippen LogP contribution in [-0.2, 0) is 16.4 Å². The lowest BCUT2D eigenvalue weighted by Gasteiger charge is -2.08. The summed E-state index contributed by atoms with van der Waals surface area (Å²) in [6.07, 6.45) is 4.39. The first-order valence-corrected chi connectivity index (χ1v) is 9.46. The molecule has 5 nitrogen and oxygen atoms in total. The summed E-state index contributed by atoms with van der Waals surface area (Å²) in [5.74, 6) is 0.379.